The number of anilines is 1. The summed E-state index contributed by atoms with van der Waals surface area (Å²) in [6.45, 7) is 6.18. The zero-order valence-electron chi connectivity index (χ0n) is 19.6. The van der Waals surface area contributed by atoms with Gasteiger partial charge in [-0.2, -0.15) is 0 Å². The van der Waals surface area contributed by atoms with Crippen LogP contribution in [0.25, 0.3) is 0 Å². The minimum absolute atomic E-state index is 0.0707. The molecular weight excluding hydrogens is 416 g/mol. The van der Waals surface area contributed by atoms with Gasteiger partial charge in [-0.1, -0.05) is 42.5 Å². The Hall–Kier alpha value is -2.57. The number of rotatable bonds is 8. The molecule has 2 fully saturated rings. The summed E-state index contributed by atoms with van der Waals surface area (Å²) >= 11 is 0. The lowest BCUT2D eigenvalue weighted by Crippen LogP contribution is -2.51. The van der Waals surface area contributed by atoms with Gasteiger partial charge in [0.25, 0.3) is 0 Å². The van der Waals surface area contributed by atoms with Crippen LogP contribution in [0.1, 0.15) is 44.6 Å². The SMILES string of the molecule is CCOc1ccccc1NC(=O)N1CCC2(CC1)CC(CCOCc1ccccc1)CCO2. The van der Waals surface area contributed by atoms with Gasteiger partial charge >= 0.3 is 6.03 Å². The molecule has 0 bridgehead atoms. The summed E-state index contributed by atoms with van der Waals surface area (Å²) in [5, 5.41) is 3.02. The van der Waals surface area contributed by atoms with Crippen LogP contribution in [0.2, 0.25) is 0 Å². The van der Waals surface area contributed by atoms with E-state index in [4.69, 9.17) is 14.2 Å². The highest BCUT2D eigenvalue weighted by molar-refractivity contribution is 5.91. The summed E-state index contributed by atoms with van der Waals surface area (Å²) < 4.78 is 17.8. The van der Waals surface area contributed by atoms with E-state index in [2.05, 4.69) is 17.4 Å². The molecule has 6 heteroatoms. The van der Waals surface area contributed by atoms with Crippen LogP contribution >= 0.6 is 0 Å². The van der Waals surface area contributed by atoms with Gasteiger partial charge < -0.3 is 24.4 Å². The Morgan fingerprint density at radius 3 is 2.67 bits per heavy atom. The normalized spacial score (nSPS) is 19.9. The van der Waals surface area contributed by atoms with Crippen LogP contribution in [0, 0.1) is 5.92 Å². The molecule has 33 heavy (non-hydrogen) atoms. The van der Waals surface area contributed by atoms with Gasteiger partial charge in [0.05, 0.1) is 24.5 Å². The third kappa shape index (κ3) is 6.49. The molecule has 1 spiro atoms. The van der Waals surface area contributed by atoms with Crippen molar-refractivity contribution in [3.8, 4) is 5.75 Å². The number of likely N-dealkylation sites (tertiary alicyclic amines) is 1. The standard InChI is InChI=1S/C27H36N2O4/c1-2-32-25-11-7-6-10-24(25)28-26(30)29-16-14-27(15-17-29)20-22(13-19-33-27)12-18-31-21-23-8-4-3-5-9-23/h3-11,22H,2,12-21H2,1H3,(H,28,30). The number of carbonyl (C=O) groups excluding carboxylic acids is 1. The van der Waals surface area contributed by atoms with E-state index in [0.29, 0.717) is 43.7 Å². The Morgan fingerprint density at radius 1 is 1.12 bits per heavy atom. The van der Waals surface area contributed by atoms with E-state index in [9.17, 15) is 4.79 Å². The number of nitrogens with zero attached hydrogens (tertiary/aromatic N) is 1. The van der Waals surface area contributed by atoms with Crippen LogP contribution in [-0.4, -0.2) is 49.4 Å². The summed E-state index contributed by atoms with van der Waals surface area (Å²) in [6, 6.07) is 17.8. The average molecular weight is 453 g/mol. The van der Waals surface area contributed by atoms with E-state index in [1.165, 1.54) is 5.56 Å². The van der Waals surface area contributed by atoms with Crippen molar-refractivity contribution < 1.29 is 19.0 Å². The Morgan fingerprint density at radius 2 is 1.88 bits per heavy atom. The van der Waals surface area contributed by atoms with E-state index < -0.39 is 0 Å². The molecule has 2 saturated heterocycles. The molecule has 178 valence electrons. The largest absolute Gasteiger partial charge is 0.492 e. The minimum Gasteiger partial charge on any atom is -0.492 e. The first-order valence-corrected chi connectivity index (χ1v) is 12.2. The van der Waals surface area contributed by atoms with Crippen molar-refractivity contribution in [1.82, 2.24) is 4.90 Å². The Bertz CT molecular complexity index is 881. The fourth-order valence-corrected chi connectivity index (χ4v) is 4.90. The highest BCUT2D eigenvalue weighted by Gasteiger charge is 2.41. The second-order valence-electron chi connectivity index (χ2n) is 9.06. The first kappa shape index (κ1) is 23.6. The smallest absolute Gasteiger partial charge is 0.321 e. The van der Waals surface area contributed by atoms with Crippen LogP contribution in [0.5, 0.6) is 5.75 Å². The summed E-state index contributed by atoms with van der Waals surface area (Å²) in [4.78, 5) is 14.7. The molecule has 0 aromatic heterocycles. The van der Waals surface area contributed by atoms with Gasteiger partial charge in [-0.15, -0.1) is 0 Å². The highest BCUT2D eigenvalue weighted by atomic mass is 16.5. The first-order chi connectivity index (χ1) is 16.2. The number of hydrogen-bond acceptors (Lipinski definition) is 4. The van der Waals surface area contributed by atoms with E-state index in [1.807, 2.05) is 54.3 Å². The third-order valence-electron chi connectivity index (χ3n) is 6.77. The van der Waals surface area contributed by atoms with E-state index in [1.54, 1.807) is 0 Å². The van der Waals surface area contributed by atoms with E-state index in [0.717, 1.165) is 45.3 Å². The highest BCUT2D eigenvalue weighted by Crippen LogP contribution is 2.39. The molecule has 2 heterocycles. The van der Waals surface area contributed by atoms with Crippen molar-refractivity contribution in [3.05, 3.63) is 60.2 Å². The zero-order valence-corrected chi connectivity index (χ0v) is 19.6. The molecule has 2 amide bonds. The number of urea groups is 1. The van der Waals surface area contributed by atoms with Gasteiger partial charge in [0, 0.05) is 26.3 Å². The Balaban J connectivity index is 1.22. The maximum Gasteiger partial charge on any atom is 0.321 e. The molecular formula is C27H36N2O4. The number of benzene rings is 2. The van der Waals surface area contributed by atoms with Crippen LogP contribution in [0.4, 0.5) is 10.5 Å². The topological polar surface area (TPSA) is 60.0 Å². The van der Waals surface area contributed by atoms with Gasteiger partial charge in [-0.3, -0.25) is 0 Å². The first-order valence-electron chi connectivity index (χ1n) is 12.2. The lowest BCUT2D eigenvalue weighted by atomic mass is 9.78. The van der Waals surface area contributed by atoms with Crippen molar-refractivity contribution in [3.63, 3.8) is 0 Å². The van der Waals surface area contributed by atoms with Crippen LogP contribution in [-0.2, 0) is 16.1 Å². The summed E-state index contributed by atoms with van der Waals surface area (Å²) in [7, 11) is 0. The van der Waals surface area contributed by atoms with E-state index >= 15 is 0 Å². The maximum absolute atomic E-state index is 12.9. The van der Waals surface area contributed by atoms with Crippen LogP contribution in [0.3, 0.4) is 0 Å². The van der Waals surface area contributed by atoms with Gasteiger partial charge in [0.15, 0.2) is 0 Å². The molecule has 6 nitrogen and oxygen atoms in total. The molecule has 0 aliphatic carbocycles. The van der Waals surface area contributed by atoms with Crippen molar-refractivity contribution in [2.45, 2.75) is 51.2 Å². The molecule has 2 aliphatic rings. The minimum atomic E-state index is -0.0949. The summed E-state index contributed by atoms with van der Waals surface area (Å²) in [6.07, 6.45) is 4.99. The zero-order chi connectivity index (χ0) is 22.9. The number of piperidine rings is 1. The lowest BCUT2D eigenvalue weighted by Gasteiger charge is -2.46. The molecule has 1 atom stereocenters. The van der Waals surface area contributed by atoms with Crippen molar-refractivity contribution in [2.75, 3.05) is 38.2 Å². The quantitative estimate of drug-likeness (QED) is 0.539. The molecule has 1 N–H and O–H groups in total. The summed E-state index contributed by atoms with van der Waals surface area (Å²) in [5.74, 6) is 1.32. The third-order valence-corrected chi connectivity index (χ3v) is 6.77. The number of carbonyl (C=O) groups is 1. The number of ether oxygens (including phenoxy) is 3. The van der Waals surface area contributed by atoms with Crippen molar-refractivity contribution in [2.24, 2.45) is 5.92 Å². The number of para-hydroxylation sites is 2. The van der Waals surface area contributed by atoms with Crippen LogP contribution < -0.4 is 10.1 Å². The molecule has 2 aliphatic heterocycles. The maximum atomic E-state index is 12.9. The second kappa shape index (κ2) is 11.5. The Labute approximate surface area is 197 Å². The molecule has 2 aromatic carbocycles. The lowest BCUT2D eigenvalue weighted by molar-refractivity contribution is -0.125. The van der Waals surface area contributed by atoms with Crippen molar-refractivity contribution in [1.29, 1.82) is 0 Å². The summed E-state index contributed by atoms with van der Waals surface area (Å²) in [5.41, 5.74) is 1.84. The van der Waals surface area contributed by atoms with Gasteiger partial charge in [-0.05, 0) is 62.6 Å². The van der Waals surface area contributed by atoms with Crippen LogP contribution in [0.15, 0.2) is 54.6 Å². The molecule has 0 radical (unpaired) electrons. The number of hydrogen-bond donors (Lipinski definition) is 1. The van der Waals surface area contributed by atoms with Gasteiger partial charge in [0.1, 0.15) is 5.75 Å². The van der Waals surface area contributed by atoms with E-state index in [-0.39, 0.29) is 11.6 Å². The van der Waals surface area contributed by atoms with Gasteiger partial charge in [0.2, 0.25) is 0 Å². The monoisotopic (exact) mass is 452 g/mol. The molecule has 4 rings (SSSR count). The number of amides is 2. The predicted molar refractivity (Wildman–Crippen MR) is 130 cm³/mol. The predicted octanol–water partition coefficient (Wildman–Crippen LogP) is 5.49. The molecule has 2 aromatic rings. The fraction of sp³-hybridized carbons (Fsp3) is 0.519. The molecule has 0 saturated carbocycles. The number of nitrogens with one attached hydrogen (secondary N) is 1. The average Bonchev–Trinajstić information content (AvgIpc) is 2.84. The van der Waals surface area contributed by atoms with Crippen molar-refractivity contribution >= 4 is 11.7 Å². The fourth-order valence-electron chi connectivity index (χ4n) is 4.90. The molecule has 1 unspecified atom stereocenters. The Kier molecular flexibility index (Phi) is 8.24. The second-order valence-corrected chi connectivity index (χ2v) is 9.06. The van der Waals surface area contributed by atoms with Gasteiger partial charge in [-0.25, -0.2) is 4.79 Å².